The first-order valence-electron chi connectivity index (χ1n) is 11.4. The number of anilines is 1. The first-order valence-corrected chi connectivity index (χ1v) is 12.2. The summed E-state index contributed by atoms with van der Waals surface area (Å²) in [6.45, 7) is 2.97. The summed E-state index contributed by atoms with van der Waals surface area (Å²) in [5.41, 5.74) is 8.87. The largest absolute Gasteiger partial charge is 0.464 e. The lowest BCUT2D eigenvalue weighted by atomic mass is 9.92. The average Bonchev–Trinajstić information content (AvgIpc) is 2.78. The summed E-state index contributed by atoms with van der Waals surface area (Å²) in [4.78, 5) is 25.6. The Morgan fingerprint density at radius 2 is 1.82 bits per heavy atom. The maximum Gasteiger partial charge on any atom is 0.328 e. The highest BCUT2D eigenvalue weighted by Gasteiger charge is 2.34. The molecule has 0 spiro atoms. The summed E-state index contributed by atoms with van der Waals surface area (Å²) in [5, 5.41) is 7.12. The van der Waals surface area contributed by atoms with Gasteiger partial charge in [0.25, 0.3) is 0 Å². The Morgan fingerprint density at radius 1 is 1.12 bits per heavy atom. The molecule has 3 rings (SSSR count). The van der Waals surface area contributed by atoms with Crippen molar-refractivity contribution < 1.29 is 14.3 Å². The number of hydrogen-bond donors (Lipinski definition) is 3. The van der Waals surface area contributed by atoms with Gasteiger partial charge in [-0.15, -0.1) is 12.4 Å². The SMILES string of the molecule is CCCCCCOC(=O)[C@H]1C[C@H](NC(=O)Cc2ccc(CN)cc2)c2c(Cl)cc(Cl)cc2N1.Cl. The van der Waals surface area contributed by atoms with Gasteiger partial charge in [-0.2, -0.15) is 0 Å². The molecular formula is C25H32Cl3N3O3. The molecule has 0 saturated carbocycles. The number of benzene rings is 2. The molecule has 9 heteroatoms. The minimum Gasteiger partial charge on any atom is -0.464 e. The van der Waals surface area contributed by atoms with Gasteiger partial charge in [0.1, 0.15) is 6.04 Å². The lowest BCUT2D eigenvalue weighted by Gasteiger charge is -2.33. The van der Waals surface area contributed by atoms with Gasteiger partial charge in [-0.3, -0.25) is 4.79 Å². The van der Waals surface area contributed by atoms with Gasteiger partial charge in [-0.1, -0.05) is 73.7 Å². The number of esters is 1. The minimum absolute atomic E-state index is 0. The standard InChI is InChI=1S/C25H31Cl2N3O3.ClH/c1-2-3-4-5-10-33-25(32)22-14-21(24-19(27)12-18(26)13-20(24)29-22)30-23(31)11-16-6-8-17(15-28)9-7-16;/h6-9,12-13,21-22,29H,2-5,10-11,14-15,28H2,1H3,(H,30,31);1H/t21-,22+;/m0./s1. The summed E-state index contributed by atoms with van der Waals surface area (Å²) in [6.07, 6.45) is 4.65. The number of halogens is 3. The number of fused-ring (bicyclic) bond motifs is 1. The van der Waals surface area contributed by atoms with E-state index in [4.69, 9.17) is 33.7 Å². The third-order valence-electron chi connectivity index (χ3n) is 5.73. The fourth-order valence-electron chi connectivity index (χ4n) is 3.97. The first-order chi connectivity index (χ1) is 15.9. The van der Waals surface area contributed by atoms with Crippen LogP contribution in [0, 0.1) is 0 Å². The van der Waals surface area contributed by atoms with Crippen LogP contribution in [0.15, 0.2) is 36.4 Å². The van der Waals surface area contributed by atoms with E-state index in [1.807, 2.05) is 24.3 Å². The van der Waals surface area contributed by atoms with Crippen molar-refractivity contribution in [1.29, 1.82) is 0 Å². The Balaban J connectivity index is 0.00000408. The second-order valence-corrected chi connectivity index (χ2v) is 9.17. The van der Waals surface area contributed by atoms with Crippen LogP contribution < -0.4 is 16.4 Å². The van der Waals surface area contributed by atoms with Crippen LogP contribution in [0.3, 0.4) is 0 Å². The van der Waals surface area contributed by atoms with Crippen LogP contribution in [-0.2, 0) is 27.3 Å². The summed E-state index contributed by atoms with van der Waals surface area (Å²) >= 11 is 12.7. The Hall–Kier alpha value is -1.99. The number of nitrogens with two attached hydrogens (primary N) is 1. The third kappa shape index (κ3) is 7.77. The van der Waals surface area contributed by atoms with E-state index in [2.05, 4.69) is 17.6 Å². The lowest BCUT2D eigenvalue weighted by molar-refractivity contribution is -0.145. The van der Waals surface area contributed by atoms with Crippen molar-refractivity contribution in [2.45, 2.75) is 64.1 Å². The van der Waals surface area contributed by atoms with Crippen LogP contribution in [0.5, 0.6) is 0 Å². The Bertz CT molecular complexity index is 970. The topological polar surface area (TPSA) is 93.5 Å². The molecule has 0 aliphatic carbocycles. The molecule has 0 unspecified atom stereocenters. The number of amides is 1. The van der Waals surface area contributed by atoms with Gasteiger partial charge in [0.05, 0.1) is 19.1 Å². The van der Waals surface area contributed by atoms with E-state index in [-0.39, 0.29) is 30.7 Å². The van der Waals surface area contributed by atoms with Crippen molar-refractivity contribution in [3.05, 3.63) is 63.1 Å². The highest BCUT2D eigenvalue weighted by molar-refractivity contribution is 6.35. The zero-order chi connectivity index (χ0) is 23.8. The lowest BCUT2D eigenvalue weighted by Crippen LogP contribution is -2.42. The number of nitrogens with one attached hydrogen (secondary N) is 2. The second-order valence-electron chi connectivity index (χ2n) is 8.33. The molecule has 1 aliphatic rings. The summed E-state index contributed by atoms with van der Waals surface area (Å²) in [5.74, 6) is -0.504. The van der Waals surface area contributed by atoms with Gasteiger partial charge in [-0.05, 0) is 29.7 Å². The third-order valence-corrected chi connectivity index (χ3v) is 6.26. The summed E-state index contributed by atoms with van der Waals surface area (Å²) < 4.78 is 5.48. The van der Waals surface area contributed by atoms with Gasteiger partial charge in [0.15, 0.2) is 0 Å². The van der Waals surface area contributed by atoms with Gasteiger partial charge < -0.3 is 21.1 Å². The number of ether oxygens (including phenoxy) is 1. The van der Waals surface area contributed by atoms with Crippen molar-refractivity contribution in [3.8, 4) is 0 Å². The predicted octanol–water partition coefficient (Wildman–Crippen LogP) is 5.58. The molecule has 1 aliphatic heterocycles. The Labute approximate surface area is 217 Å². The Morgan fingerprint density at radius 3 is 2.50 bits per heavy atom. The number of unbranched alkanes of at least 4 members (excludes halogenated alkanes) is 3. The van der Waals surface area contributed by atoms with E-state index < -0.39 is 12.1 Å². The van der Waals surface area contributed by atoms with Crippen molar-refractivity contribution in [3.63, 3.8) is 0 Å². The second kappa shape index (κ2) is 13.8. The smallest absolute Gasteiger partial charge is 0.328 e. The number of carbonyl (C=O) groups excluding carboxylic acids is 2. The van der Waals surface area contributed by atoms with E-state index in [0.717, 1.165) is 42.4 Å². The van der Waals surface area contributed by atoms with E-state index in [0.29, 0.717) is 35.3 Å². The van der Waals surface area contributed by atoms with Crippen molar-refractivity contribution in [2.75, 3.05) is 11.9 Å². The molecule has 4 N–H and O–H groups in total. The van der Waals surface area contributed by atoms with Crippen LogP contribution in [0.2, 0.25) is 10.0 Å². The highest BCUT2D eigenvalue weighted by atomic mass is 35.5. The number of hydrogen-bond acceptors (Lipinski definition) is 5. The molecule has 0 aromatic heterocycles. The fraction of sp³-hybridized carbons (Fsp3) is 0.440. The average molecular weight is 529 g/mol. The molecule has 186 valence electrons. The molecule has 2 aromatic carbocycles. The van der Waals surface area contributed by atoms with Crippen molar-refractivity contribution in [1.82, 2.24) is 5.32 Å². The fourth-order valence-corrected chi connectivity index (χ4v) is 4.60. The van der Waals surface area contributed by atoms with Gasteiger partial charge in [0.2, 0.25) is 5.91 Å². The molecule has 34 heavy (non-hydrogen) atoms. The first kappa shape index (κ1) is 28.2. The minimum atomic E-state index is -0.604. The van der Waals surface area contributed by atoms with Crippen molar-refractivity contribution in [2.24, 2.45) is 5.73 Å². The molecule has 2 atom stereocenters. The van der Waals surface area contributed by atoms with E-state index in [1.165, 1.54) is 0 Å². The molecule has 0 bridgehead atoms. The highest BCUT2D eigenvalue weighted by Crippen LogP contribution is 2.40. The summed E-state index contributed by atoms with van der Waals surface area (Å²) in [7, 11) is 0. The van der Waals surface area contributed by atoms with E-state index >= 15 is 0 Å². The van der Waals surface area contributed by atoms with Gasteiger partial charge in [-0.25, -0.2) is 4.79 Å². The molecule has 2 aromatic rings. The Kier molecular flexibility index (Phi) is 11.5. The summed E-state index contributed by atoms with van der Waals surface area (Å²) in [6, 6.07) is 9.91. The van der Waals surface area contributed by atoms with Crippen LogP contribution in [0.1, 0.15) is 61.8 Å². The monoisotopic (exact) mass is 527 g/mol. The van der Waals surface area contributed by atoms with Crippen LogP contribution in [0.4, 0.5) is 5.69 Å². The van der Waals surface area contributed by atoms with Crippen LogP contribution >= 0.6 is 35.6 Å². The maximum atomic E-state index is 12.8. The molecule has 0 fully saturated rings. The maximum absolute atomic E-state index is 12.8. The molecule has 0 saturated heterocycles. The molecular weight excluding hydrogens is 497 g/mol. The molecule has 0 radical (unpaired) electrons. The zero-order valence-corrected chi connectivity index (χ0v) is 21.6. The quantitative estimate of drug-likeness (QED) is 0.276. The van der Waals surface area contributed by atoms with Crippen LogP contribution in [0.25, 0.3) is 0 Å². The number of carbonyl (C=O) groups is 2. The molecule has 6 nitrogen and oxygen atoms in total. The van der Waals surface area contributed by atoms with Gasteiger partial charge in [0, 0.05) is 34.3 Å². The molecule has 1 amide bonds. The predicted molar refractivity (Wildman–Crippen MR) is 140 cm³/mol. The normalized spacial score (nSPS) is 16.6. The zero-order valence-electron chi connectivity index (χ0n) is 19.2. The van der Waals surface area contributed by atoms with Crippen molar-refractivity contribution >= 4 is 53.2 Å². The van der Waals surface area contributed by atoms with Crippen LogP contribution in [-0.4, -0.2) is 24.5 Å². The van der Waals surface area contributed by atoms with Gasteiger partial charge >= 0.3 is 5.97 Å². The van der Waals surface area contributed by atoms with E-state index in [1.54, 1.807) is 12.1 Å². The van der Waals surface area contributed by atoms with E-state index in [9.17, 15) is 9.59 Å². The number of rotatable bonds is 10. The molecule has 1 heterocycles.